The fraction of sp³-hybridized carbons (Fsp3) is 0.0556. The number of thiazole rings is 1. The third kappa shape index (κ3) is 3.61. The van der Waals surface area contributed by atoms with E-state index in [1.165, 1.54) is 11.3 Å². The number of sulfonamides is 1. The summed E-state index contributed by atoms with van der Waals surface area (Å²) in [5, 5.41) is 0.676. The average Bonchev–Trinajstić information content (AvgIpc) is 3.26. The Balaban J connectivity index is 1.52. The number of nitrogens with one attached hydrogen (secondary N) is 1. The molecule has 0 aliphatic heterocycles. The first-order chi connectivity index (χ1) is 12.9. The molecule has 0 fully saturated rings. The molecule has 0 unspecified atom stereocenters. The lowest BCUT2D eigenvalue weighted by Crippen LogP contribution is -2.24. The van der Waals surface area contributed by atoms with E-state index >= 15 is 0 Å². The maximum atomic E-state index is 13.7. The molecule has 0 aliphatic carbocycles. The first kappa shape index (κ1) is 17.8. The van der Waals surface area contributed by atoms with Crippen LogP contribution in [-0.4, -0.2) is 13.4 Å². The molecule has 2 aromatic carbocycles. The molecule has 138 valence electrons. The van der Waals surface area contributed by atoms with Crippen LogP contribution in [0.2, 0.25) is 0 Å². The molecule has 9 heteroatoms. The Bertz CT molecular complexity index is 1200. The summed E-state index contributed by atoms with van der Waals surface area (Å²) in [7, 11) is -4.15. The summed E-state index contributed by atoms with van der Waals surface area (Å²) < 4.78 is 60.0. The Morgan fingerprint density at radius 1 is 1.07 bits per heavy atom. The van der Waals surface area contributed by atoms with Crippen LogP contribution >= 0.6 is 11.3 Å². The van der Waals surface area contributed by atoms with Gasteiger partial charge in [-0.15, -0.1) is 11.3 Å². The van der Waals surface area contributed by atoms with Crippen molar-refractivity contribution in [3.05, 3.63) is 72.0 Å². The Hall–Kier alpha value is -2.62. The predicted molar refractivity (Wildman–Crippen MR) is 97.7 cm³/mol. The largest absolute Gasteiger partial charge is 0.457 e. The molecule has 0 aliphatic rings. The van der Waals surface area contributed by atoms with Gasteiger partial charge in [-0.05, 0) is 36.4 Å². The SMILES string of the molecule is O=S(=O)(NCc1ccc(-c2nc3ccccc3s2)o1)c1ccc(F)cc1F. The molecule has 27 heavy (non-hydrogen) atoms. The highest BCUT2D eigenvalue weighted by Gasteiger charge is 2.20. The van der Waals surface area contributed by atoms with Crippen LogP contribution in [0.15, 0.2) is 63.9 Å². The van der Waals surface area contributed by atoms with Crippen LogP contribution in [0.3, 0.4) is 0 Å². The number of halogens is 2. The summed E-state index contributed by atoms with van der Waals surface area (Å²) in [5.41, 5.74) is 0.850. The van der Waals surface area contributed by atoms with Gasteiger partial charge in [0.1, 0.15) is 22.3 Å². The molecule has 0 spiro atoms. The molecule has 1 N–H and O–H groups in total. The third-order valence-corrected chi connectivity index (χ3v) is 6.27. The minimum Gasteiger partial charge on any atom is -0.457 e. The maximum Gasteiger partial charge on any atom is 0.243 e. The van der Waals surface area contributed by atoms with Crippen molar-refractivity contribution in [3.8, 4) is 10.8 Å². The first-order valence-electron chi connectivity index (χ1n) is 7.82. The van der Waals surface area contributed by atoms with E-state index in [2.05, 4.69) is 9.71 Å². The molecule has 0 bridgehead atoms. The summed E-state index contributed by atoms with van der Waals surface area (Å²) >= 11 is 1.46. The molecule has 2 heterocycles. The molecule has 0 saturated carbocycles. The Labute approximate surface area is 157 Å². The smallest absolute Gasteiger partial charge is 0.243 e. The number of benzene rings is 2. The molecule has 0 atom stereocenters. The van der Waals surface area contributed by atoms with Crippen molar-refractivity contribution >= 4 is 31.6 Å². The van der Waals surface area contributed by atoms with Crippen LogP contribution in [-0.2, 0) is 16.6 Å². The molecule has 4 rings (SSSR count). The van der Waals surface area contributed by atoms with Gasteiger partial charge in [0, 0.05) is 6.07 Å². The summed E-state index contributed by atoms with van der Waals surface area (Å²) in [6.45, 7) is -0.177. The van der Waals surface area contributed by atoms with E-state index in [9.17, 15) is 17.2 Å². The van der Waals surface area contributed by atoms with Gasteiger partial charge in [0.15, 0.2) is 10.8 Å². The highest BCUT2D eigenvalue weighted by Crippen LogP contribution is 2.31. The Morgan fingerprint density at radius 3 is 2.67 bits per heavy atom. The average molecular weight is 406 g/mol. The van der Waals surface area contributed by atoms with Crippen LogP contribution in [0.4, 0.5) is 8.78 Å². The quantitative estimate of drug-likeness (QED) is 0.536. The zero-order chi connectivity index (χ0) is 19.0. The minimum absolute atomic E-state index is 0.177. The highest BCUT2D eigenvalue weighted by molar-refractivity contribution is 7.89. The Kier molecular flexibility index (Phi) is 4.50. The lowest BCUT2D eigenvalue weighted by molar-refractivity contribution is 0.505. The second-order valence-electron chi connectivity index (χ2n) is 5.65. The van der Waals surface area contributed by atoms with Gasteiger partial charge in [0.25, 0.3) is 0 Å². The van der Waals surface area contributed by atoms with E-state index in [4.69, 9.17) is 4.42 Å². The summed E-state index contributed by atoms with van der Waals surface area (Å²) in [4.78, 5) is 3.85. The molecule has 0 saturated heterocycles. The van der Waals surface area contributed by atoms with Crippen LogP contribution < -0.4 is 4.72 Å². The van der Waals surface area contributed by atoms with Crippen molar-refractivity contribution in [3.63, 3.8) is 0 Å². The Morgan fingerprint density at radius 2 is 1.89 bits per heavy atom. The number of furan rings is 1. The molecule has 5 nitrogen and oxygen atoms in total. The minimum atomic E-state index is -4.15. The van der Waals surface area contributed by atoms with Crippen molar-refractivity contribution < 1.29 is 21.6 Å². The number of rotatable bonds is 5. The summed E-state index contributed by atoms with van der Waals surface area (Å²) in [6, 6.07) is 13.2. The van der Waals surface area contributed by atoms with Gasteiger partial charge < -0.3 is 4.42 Å². The van der Waals surface area contributed by atoms with Crippen molar-refractivity contribution in [2.75, 3.05) is 0 Å². The van der Waals surface area contributed by atoms with Crippen molar-refractivity contribution in [2.45, 2.75) is 11.4 Å². The normalized spacial score (nSPS) is 11.9. The molecule has 2 aromatic heterocycles. The molecule has 4 aromatic rings. The lowest BCUT2D eigenvalue weighted by atomic mass is 10.3. The van der Waals surface area contributed by atoms with Gasteiger partial charge in [-0.3, -0.25) is 0 Å². The zero-order valence-corrected chi connectivity index (χ0v) is 15.3. The molecular weight excluding hydrogens is 394 g/mol. The van der Waals surface area contributed by atoms with Gasteiger partial charge in [0.2, 0.25) is 10.0 Å². The van der Waals surface area contributed by atoms with E-state index in [0.29, 0.717) is 22.6 Å². The first-order valence-corrected chi connectivity index (χ1v) is 10.1. The van der Waals surface area contributed by atoms with Crippen LogP contribution in [0.25, 0.3) is 21.0 Å². The summed E-state index contributed by atoms with van der Waals surface area (Å²) in [6.07, 6.45) is 0. The van der Waals surface area contributed by atoms with Crippen molar-refractivity contribution in [1.82, 2.24) is 9.71 Å². The van der Waals surface area contributed by atoms with E-state index in [-0.39, 0.29) is 6.54 Å². The molecular formula is C18H12F2N2O3S2. The molecule has 0 amide bonds. The molecule has 0 radical (unpaired) electrons. The van der Waals surface area contributed by atoms with Crippen molar-refractivity contribution in [2.24, 2.45) is 0 Å². The van der Waals surface area contributed by atoms with Crippen LogP contribution in [0.5, 0.6) is 0 Å². The third-order valence-electron chi connectivity index (χ3n) is 3.79. The number of hydrogen-bond donors (Lipinski definition) is 1. The second kappa shape index (κ2) is 6.84. The van der Waals surface area contributed by atoms with Crippen LogP contribution in [0, 0.1) is 11.6 Å². The number of fused-ring (bicyclic) bond motifs is 1. The fourth-order valence-electron chi connectivity index (χ4n) is 2.50. The van der Waals surface area contributed by atoms with E-state index in [1.807, 2.05) is 24.3 Å². The highest BCUT2D eigenvalue weighted by atomic mass is 32.2. The summed E-state index contributed by atoms with van der Waals surface area (Å²) in [5.74, 6) is -1.15. The van der Waals surface area contributed by atoms with Gasteiger partial charge in [-0.25, -0.2) is 26.9 Å². The number of para-hydroxylation sites is 1. The second-order valence-corrected chi connectivity index (χ2v) is 8.42. The topological polar surface area (TPSA) is 72.2 Å². The zero-order valence-electron chi connectivity index (χ0n) is 13.6. The van der Waals surface area contributed by atoms with E-state index in [1.54, 1.807) is 12.1 Å². The van der Waals surface area contributed by atoms with Gasteiger partial charge >= 0.3 is 0 Å². The van der Waals surface area contributed by atoms with Gasteiger partial charge in [-0.2, -0.15) is 0 Å². The maximum absolute atomic E-state index is 13.7. The monoisotopic (exact) mass is 406 g/mol. The van der Waals surface area contributed by atoms with Crippen LogP contribution in [0.1, 0.15) is 5.76 Å². The number of hydrogen-bond acceptors (Lipinski definition) is 5. The van der Waals surface area contributed by atoms with E-state index in [0.717, 1.165) is 22.3 Å². The van der Waals surface area contributed by atoms with Crippen molar-refractivity contribution in [1.29, 1.82) is 0 Å². The lowest BCUT2D eigenvalue weighted by Gasteiger charge is -2.06. The standard InChI is InChI=1S/C18H12F2N2O3S2/c19-11-5-8-17(13(20)9-11)27(23,24)21-10-12-6-7-15(25-12)18-22-14-3-1-2-4-16(14)26-18/h1-9,21H,10H2. The number of nitrogens with zero attached hydrogens (tertiary/aromatic N) is 1. The fourth-order valence-corrected chi connectivity index (χ4v) is 4.48. The van der Waals surface area contributed by atoms with Gasteiger partial charge in [0.05, 0.1) is 16.8 Å². The van der Waals surface area contributed by atoms with Gasteiger partial charge in [-0.1, -0.05) is 12.1 Å². The van der Waals surface area contributed by atoms with E-state index < -0.39 is 26.6 Å². The predicted octanol–water partition coefficient (Wildman–Crippen LogP) is 4.31. The number of aromatic nitrogens is 1.